The molecule has 0 spiro atoms. The number of ether oxygens (including phenoxy) is 1. The van der Waals surface area contributed by atoms with Crippen LogP contribution in [0.5, 0.6) is 5.75 Å². The van der Waals surface area contributed by atoms with Crippen molar-refractivity contribution in [2.24, 2.45) is 0 Å². The van der Waals surface area contributed by atoms with Gasteiger partial charge in [-0.15, -0.1) is 0 Å². The van der Waals surface area contributed by atoms with E-state index in [4.69, 9.17) is 4.74 Å². The maximum Gasteiger partial charge on any atom is 0.294 e. The van der Waals surface area contributed by atoms with Crippen LogP contribution >= 0.6 is 11.8 Å². The monoisotopic (exact) mass is 384 g/mol. The van der Waals surface area contributed by atoms with Gasteiger partial charge in [-0.1, -0.05) is 12.1 Å². The van der Waals surface area contributed by atoms with Crippen molar-refractivity contribution in [3.05, 3.63) is 64.8 Å². The summed E-state index contributed by atoms with van der Waals surface area (Å²) in [5.41, 5.74) is 6.22. The van der Waals surface area contributed by atoms with Gasteiger partial charge in [0.05, 0.1) is 18.7 Å². The van der Waals surface area contributed by atoms with Crippen molar-refractivity contribution < 1.29 is 19.1 Å². The van der Waals surface area contributed by atoms with E-state index in [2.05, 4.69) is 15.8 Å². The number of amides is 3. The number of nitrogens with one attached hydrogen (secondary N) is 2. The largest absolute Gasteiger partial charge is 0.497 e. The number of nitrogens with zero attached hydrogens (tertiary/aromatic N) is 2. The summed E-state index contributed by atoms with van der Waals surface area (Å²) in [7, 11) is 1.57. The summed E-state index contributed by atoms with van der Waals surface area (Å²) < 4.78 is 5.09. The van der Waals surface area contributed by atoms with Gasteiger partial charge in [-0.05, 0) is 47.7 Å². The van der Waals surface area contributed by atoms with Gasteiger partial charge >= 0.3 is 0 Å². The third-order valence-electron chi connectivity index (χ3n) is 3.67. The van der Waals surface area contributed by atoms with E-state index < -0.39 is 17.1 Å². The van der Waals surface area contributed by atoms with Gasteiger partial charge in [0.25, 0.3) is 17.1 Å². The summed E-state index contributed by atoms with van der Waals surface area (Å²) in [6.07, 6.45) is 4.63. The number of benzene rings is 1. The Bertz CT molecular complexity index is 884. The van der Waals surface area contributed by atoms with Crippen molar-refractivity contribution in [1.82, 2.24) is 20.7 Å². The molecule has 0 unspecified atom stereocenters. The first kappa shape index (κ1) is 18.6. The predicted molar refractivity (Wildman–Crippen MR) is 101 cm³/mol. The number of hydrazine groups is 1. The first-order valence-corrected chi connectivity index (χ1v) is 8.73. The molecule has 1 fully saturated rings. The van der Waals surface area contributed by atoms with Crippen LogP contribution in [0.15, 0.2) is 53.7 Å². The van der Waals surface area contributed by atoms with Crippen LogP contribution in [0.4, 0.5) is 4.79 Å². The molecule has 1 aromatic carbocycles. The second-order valence-corrected chi connectivity index (χ2v) is 6.40. The van der Waals surface area contributed by atoms with Crippen molar-refractivity contribution >= 4 is 34.9 Å². The van der Waals surface area contributed by atoms with Gasteiger partial charge in [0.15, 0.2) is 0 Å². The second kappa shape index (κ2) is 8.47. The molecule has 9 heteroatoms. The molecule has 0 radical (unpaired) electrons. The zero-order valence-corrected chi connectivity index (χ0v) is 15.2. The molecule has 2 aromatic rings. The summed E-state index contributed by atoms with van der Waals surface area (Å²) in [5.74, 6) is -0.112. The number of hydrogen-bond acceptors (Lipinski definition) is 7. The molecule has 2 N–H and O–H groups in total. The van der Waals surface area contributed by atoms with E-state index >= 15 is 0 Å². The molecule has 0 saturated carbocycles. The molecule has 138 valence electrons. The Balaban J connectivity index is 1.59. The minimum absolute atomic E-state index is 0.137. The maximum absolute atomic E-state index is 12.4. The van der Waals surface area contributed by atoms with Crippen molar-refractivity contribution in [1.29, 1.82) is 0 Å². The first-order chi connectivity index (χ1) is 13.1. The molecule has 3 amide bonds. The predicted octanol–water partition coefficient (Wildman–Crippen LogP) is 2.02. The highest BCUT2D eigenvalue weighted by Crippen LogP contribution is 2.31. The quantitative estimate of drug-likeness (QED) is 0.580. The molecule has 0 aliphatic carbocycles. The van der Waals surface area contributed by atoms with Crippen LogP contribution in [0.3, 0.4) is 0 Å². The average Bonchev–Trinajstić information content (AvgIpc) is 2.96. The summed E-state index contributed by atoms with van der Waals surface area (Å²) in [5, 5.41) is -0.412. The Labute approximate surface area is 159 Å². The molecular weight excluding hydrogens is 368 g/mol. The van der Waals surface area contributed by atoms with E-state index in [1.54, 1.807) is 49.6 Å². The van der Waals surface area contributed by atoms with E-state index in [-0.39, 0.29) is 6.67 Å². The lowest BCUT2D eigenvalue weighted by atomic mass is 10.2. The van der Waals surface area contributed by atoms with Crippen molar-refractivity contribution in [3.63, 3.8) is 0 Å². The highest BCUT2D eigenvalue weighted by atomic mass is 32.2. The minimum atomic E-state index is -0.425. The molecule has 1 aliphatic heterocycles. The average molecular weight is 384 g/mol. The van der Waals surface area contributed by atoms with Gasteiger partial charge in [0.1, 0.15) is 5.75 Å². The number of pyridine rings is 1. The Hall–Kier alpha value is -3.17. The smallest absolute Gasteiger partial charge is 0.294 e. The standard InChI is InChI=1S/C18H16N4O4S/c1-26-14-4-2-12(3-5-14)10-15-17(24)22(18(25)27-15)11-20-21-16(23)13-6-8-19-9-7-13/h2-10,20H,11H2,1H3,(H,21,23)/b15-10-. The normalized spacial score (nSPS) is 15.3. The summed E-state index contributed by atoms with van der Waals surface area (Å²) in [6.45, 7) is -0.137. The molecule has 1 aliphatic rings. The van der Waals surface area contributed by atoms with Gasteiger partial charge in [0.2, 0.25) is 0 Å². The Kier molecular flexibility index (Phi) is 5.84. The van der Waals surface area contributed by atoms with Gasteiger partial charge < -0.3 is 4.74 Å². The van der Waals surface area contributed by atoms with Crippen LogP contribution in [0.1, 0.15) is 15.9 Å². The molecule has 3 rings (SSSR count). The van der Waals surface area contributed by atoms with Crippen molar-refractivity contribution in [2.45, 2.75) is 0 Å². The SMILES string of the molecule is COc1ccc(/C=C2\SC(=O)N(CNNC(=O)c3ccncc3)C2=O)cc1. The zero-order valence-electron chi connectivity index (χ0n) is 14.3. The summed E-state index contributed by atoms with van der Waals surface area (Å²) in [6, 6.07) is 10.2. The van der Waals surface area contributed by atoms with E-state index in [1.807, 2.05) is 0 Å². The molecule has 1 saturated heterocycles. The topological polar surface area (TPSA) is 101 Å². The summed E-state index contributed by atoms with van der Waals surface area (Å²) >= 11 is 0.848. The Morgan fingerprint density at radius 2 is 1.89 bits per heavy atom. The van der Waals surface area contributed by atoms with E-state index in [1.165, 1.54) is 12.4 Å². The number of thioether (sulfide) groups is 1. The lowest BCUT2D eigenvalue weighted by molar-refractivity contribution is -0.123. The number of carbonyl (C=O) groups excluding carboxylic acids is 3. The Morgan fingerprint density at radius 1 is 1.19 bits per heavy atom. The van der Waals surface area contributed by atoms with Crippen LogP contribution < -0.4 is 15.6 Å². The number of imide groups is 1. The molecule has 1 aromatic heterocycles. The van der Waals surface area contributed by atoms with Gasteiger partial charge in [-0.2, -0.15) is 0 Å². The van der Waals surface area contributed by atoms with Gasteiger partial charge in [-0.3, -0.25) is 29.7 Å². The number of hydrogen-bond donors (Lipinski definition) is 2. The van der Waals surface area contributed by atoms with Gasteiger partial charge in [0, 0.05) is 18.0 Å². The van der Waals surface area contributed by atoms with Crippen LogP contribution in [0.2, 0.25) is 0 Å². The Morgan fingerprint density at radius 3 is 2.56 bits per heavy atom. The van der Waals surface area contributed by atoms with Crippen molar-refractivity contribution in [3.8, 4) is 5.75 Å². The zero-order chi connectivity index (χ0) is 19.2. The lowest BCUT2D eigenvalue weighted by Gasteiger charge is -2.14. The number of methoxy groups -OCH3 is 1. The van der Waals surface area contributed by atoms with Gasteiger partial charge in [-0.25, -0.2) is 5.43 Å². The number of aromatic nitrogens is 1. The number of carbonyl (C=O) groups is 3. The molecule has 2 heterocycles. The molecule has 27 heavy (non-hydrogen) atoms. The third-order valence-corrected chi connectivity index (χ3v) is 4.58. The van der Waals surface area contributed by atoms with Crippen molar-refractivity contribution in [2.75, 3.05) is 13.8 Å². The van der Waals surface area contributed by atoms with Crippen LogP contribution in [0, 0.1) is 0 Å². The van der Waals surface area contributed by atoms with E-state index in [9.17, 15) is 14.4 Å². The van der Waals surface area contributed by atoms with E-state index in [0.717, 1.165) is 22.2 Å². The minimum Gasteiger partial charge on any atom is -0.497 e. The van der Waals surface area contributed by atoms with Crippen LogP contribution in [-0.2, 0) is 4.79 Å². The first-order valence-electron chi connectivity index (χ1n) is 7.91. The second-order valence-electron chi connectivity index (χ2n) is 5.41. The fourth-order valence-corrected chi connectivity index (χ4v) is 3.10. The molecule has 8 nitrogen and oxygen atoms in total. The van der Waals surface area contributed by atoms with E-state index in [0.29, 0.717) is 16.2 Å². The maximum atomic E-state index is 12.4. The molecule has 0 bridgehead atoms. The molecular formula is C18H16N4O4S. The third kappa shape index (κ3) is 4.52. The highest BCUT2D eigenvalue weighted by molar-refractivity contribution is 8.18. The fourth-order valence-electron chi connectivity index (χ4n) is 2.26. The molecule has 0 atom stereocenters. The lowest BCUT2D eigenvalue weighted by Crippen LogP contribution is -2.46. The van der Waals surface area contributed by atoms with Crippen LogP contribution in [0.25, 0.3) is 6.08 Å². The highest BCUT2D eigenvalue weighted by Gasteiger charge is 2.34. The number of rotatable bonds is 6. The summed E-state index contributed by atoms with van der Waals surface area (Å²) in [4.78, 5) is 41.6. The van der Waals surface area contributed by atoms with Crippen LogP contribution in [-0.4, -0.2) is 40.7 Å². The fraction of sp³-hybridized carbons (Fsp3) is 0.111.